The largest absolute Gasteiger partial charge is 0.467 e. The first-order chi connectivity index (χ1) is 20.2. The van der Waals surface area contributed by atoms with Crippen LogP contribution in [0.25, 0.3) is 11.1 Å². The Morgan fingerprint density at radius 1 is 0.886 bits per heavy atom. The normalized spacial score (nSPS) is 15.8. The number of amides is 3. The van der Waals surface area contributed by atoms with Gasteiger partial charge >= 0.3 is 24.3 Å². The second-order valence-corrected chi connectivity index (χ2v) is 12.0. The predicted molar refractivity (Wildman–Crippen MR) is 151 cm³/mol. The third-order valence-electron chi connectivity index (χ3n) is 6.26. The van der Waals surface area contributed by atoms with Gasteiger partial charge in [-0.1, -0.05) is 6.07 Å². The van der Waals surface area contributed by atoms with E-state index in [9.17, 15) is 36.7 Å². The van der Waals surface area contributed by atoms with E-state index in [1.165, 1.54) is 17.0 Å². The number of hydrogen-bond donors (Lipinski definition) is 1. The molecule has 2 aromatic carbocycles. The first-order valence-electron chi connectivity index (χ1n) is 13.6. The molecule has 44 heavy (non-hydrogen) atoms. The second-order valence-electron chi connectivity index (χ2n) is 12.0. The third kappa shape index (κ3) is 8.60. The monoisotopic (exact) mass is 625 g/mol. The molecular weight excluding hydrogens is 590 g/mol. The highest BCUT2D eigenvalue weighted by atomic mass is 19.4. The number of ether oxygens (including phenoxy) is 3. The molecule has 1 aliphatic rings. The Hall–Kier alpha value is -4.36. The summed E-state index contributed by atoms with van der Waals surface area (Å²) in [6.45, 7) is 9.35. The molecular formula is C30H35F4N3O7. The molecule has 0 radical (unpaired) electrons. The van der Waals surface area contributed by atoms with Crippen molar-refractivity contribution in [2.45, 2.75) is 65.0 Å². The van der Waals surface area contributed by atoms with Crippen molar-refractivity contribution in [1.29, 1.82) is 0 Å². The van der Waals surface area contributed by atoms with Crippen molar-refractivity contribution < 1.29 is 51.0 Å². The van der Waals surface area contributed by atoms with Gasteiger partial charge < -0.3 is 24.0 Å². The van der Waals surface area contributed by atoms with Gasteiger partial charge in [-0.15, -0.1) is 0 Å². The predicted octanol–water partition coefficient (Wildman–Crippen LogP) is 6.09. The van der Waals surface area contributed by atoms with Crippen molar-refractivity contribution >= 4 is 29.8 Å². The average molecular weight is 626 g/mol. The molecule has 1 aliphatic heterocycles. The highest BCUT2D eigenvalue weighted by molar-refractivity contribution is 6.05. The van der Waals surface area contributed by atoms with Gasteiger partial charge in [-0.25, -0.2) is 18.8 Å². The second kappa shape index (κ2) is 12.7. The molecule has 14 heteroatoms. The van der Waals surface area contributed by atoms with E-state index in [-0.39, 0.29) is 36.4 Å². The maximum Gasteiger partial charge on any atom is 0.416 e. The highest BCUT2D eigenvalue weighted by Crippen LogP contribution is 2.35. The molecule has 1 fully saturated rings. The fourth-order valence-electron chi connectivity index (χ4n) is 4.34. The number of carbonyl (C=O) groups is 4. The molecule has 1 N–H and O–H groups in total. The van der Waals surface area contributed by atoms with E-state index in [1.807, 2.05) is 0 Å². The van der Waals surface area contributed by atoms with Gasteiger partial charge in [0.05, 0.1) is 30.5 Å². The minimum Gasteiger partial charge on any atom is -0.467 e. The van der Waals surface area contributed by atoms with Crippen molar-refractivity contribution in [3.63, 3.8) is 0 Å². The fourth-order valence-corrected chi connectivity index (χ4v) is 4.34. The van der Waals surface area contributed by atoms with E-state index in [2.05, 4.69) is 5.32 Å². The van der Waals surface area contributed by atoms with E-state index in [0.717, 1.165) is 18.1 Å². The number of anilines is 1. The van der Waals surface area contributed by atoms with Gasteiger partial charge in [-0.2, -0.15) is 13.2 Å². The number of carbonyl (C=O) groups excluding carboxylic acids is 4. The van der Waals surface area contributed by atoms with Crippen LogP contribution in [0.1, 0.15) is 57.5 Å². The summed E-state index contributed by atoms with van der Waals surface area (Å²) < 4.78 is 70.6. The van der Waals surface area contributed by atoms with Crippen molar-refractivity contribution in [3.05, 3.63) is 53.3 Å². The first kappa shape index (κ1) is 34.1. The van der Waals surface area contributed by atoms with Crippen LogP contribution in [-0.4, -0.2) is 77.9 Å². The Morgan fingerprint density at radius 2 is 1.52 bits per heavy atom. The number of esters is 1. The summed E-state index contributed by atoms with van der Waals surface area (Å²) >= 11 is 0. The molecule has 3 amide bonds. The number of benzene rings is 2. The summed E-state index contributed by atoms with van der Waals surface area (Å²) in [5.41, 5.74) is -3.79. The SMILES string of the molecule is COC(=O)C1CN(C(=O)OC(C)(C)C)CCN1C(=O)c1cc(-c2cc(C(F)(F)F)ccc2F)ccc1NC(=O)OC(C)(C)C. The van der Waals surface area contributed by atoms with Gasteiger partial charge in [-0.3, -0.25) is 10.1 Å². The summed E-state index contributed by atoms with van der Waals surface area (Å²) in [5, 5.41) is 2.44. The lowest BCUT2D eigenvalue weighted by molar-refractivity contribution is -0.148. The van der Waals surface area contributed by atoms with E-state index < -0.39 is 64.4 Å². The van der Waals surface area contributed by atoms with Crippen LogP contribution < -0.4 is 5.32 Å². The summed E-state index contributed by atoms with van der Waals surface area (Å²) in [6.07, 6.45) is -6.42. The van der Waals surface area contributed by atoms with Gasteiger partial charge in [-0.05, 0) is 77.4 Å². The molecule has 240 valence electrons. The Kier molecular flexibility index (Phi) is 9.86. The van der Waals surface area contributed by atoms with Gasteiger partial charge in [0.1, 0.15) is 23.1 Å². The van der Waals surface area contributed by atoms with E-state index >= 15 is 0 Å². The smallest absolute Gasteiger partial charge is 0.416 e. The summed E-state index contributed by atoms with van der Waals surface area (Å²) in [5.74, 6) is -2.68. The Labute approximate surface area is 252 Å². The topological polar surface area (TPSA) is 114 Å². The van der Waals surface area contributed by atoms with Crippen LogP contribution in [0, 0.1) is 5.82 Å². The van der Waals surface area contributed by atoms with Gasteiger partial charge in [0, 0.05) is 18.7 Å². The first-order valence-corrected chi connectivity index (χ1v) is 13.6. The molecule has 0 aliphatic carbocycles. The lowest BCUT2D eigenvalue weighted by Gasteiger charge is -2.40. The lowest BCUT2D eigenvalue weighted by Crippen LogP contribution is -2.60. The maximum atomic E-state index is 14.8. The number of hydrogen-bond acceptors (Lipinski definition) is 7. The van der Waals surface area contributed by atoms with Gasteiger partial charge in [0.2, 0.25) is 0 Å². The molecule has 1 heterocycles. The van der Waals surface area contributed by atoms with Crippen LogP contribution in [0.3, 0.4) is 0 Å². The van der Waals surface area contributed by atoms with Crippen LogP contribution in [0.2, 0.25) is 0 Å². The van der Waals surface area contributed by atoms with Crippen molar-refractivity contribution in [3.8, 4) is 11.1 Å². The number of rotatable bonds is 4. The molecule has 10 nitrogen and oxygen atoms in total. The summed E-state index contributed by atoms with van der Waals surface area (Å²) in [4.78, 5) is 54.5. The van der Waals surface area contributed by atoms with Crippen molar-refractivity contribution in [2.75, 3.05) is 32.1 Å². The van der Waals surface area contributed by atoms with Crippen molar-refractivity contribution in [2.24, 2.45) is 0 Å². The molecule has 0 spiro atoms. The number of nitrogens with one attached hydrogen (secondary N) is 1. The van der Waals surface area contributed by atoms with Crippen LogP contribution in [0.15, 0.2) is 36.4 Å². The molecule has 2 aromatic rings. The lowest BCUT2D eigenvalue weighted by atomic mass is 9.98. The molecule has 1 saturated heterocycles. The standard InChI is InChI=1S/C30H35F4N3O7/c1-28(2,3)43-26(40)35-22-11-8-17(19-15-18(30(32,33)34)9-10-21(19)31)14-20(22)24(38)37-13-12-36(16-23(37)25(39)42-7)27(41)44-29(4,5)6/h8-11,14-15,23H,12-13,16H2,1-7H3,(H,35,40). The minimum atomic E-state index is -4.76. The van der Waals surface area contributed by atoms with Crippen LogP contribution in [0.4, 0.5) is 32.8 Å². The molecule has 0 bridgehead atoms. The number of halogens is 4. The zero-order valence-electron chi connectivity index (χ0n) is 25.4. The highest BCUT2D eigenvalue weighted by Gasteiger charge is 2.40. The van der Waals surface area contributed by atoms with E-state index in [4.69, 9.17) is 14.2 Å². The Bertz CT molecular complexity index is 1430. The molecule has 1 unspecified atom stereocenters. The quantitative estimate of drug-likeness (QED) is 0.248. The minimum absolute atomic E-state index is 0.0368. The van der Waals surface area contributed by atoms with Gasteiger partial charge in [0.15, 0.2) is 0 Å². The number of alkyl halides is 3. The van der Waals surface area contributed by atoms with Gasteiger partial charge in [0.25, 0.3) is 5.91 Å². The number of methoxy groups -OCH3 is 1. The van der Waals surface area contributed by atoms with Crippen LogP contribution in [-0.2, 0) is 25.2 Å². The fraction of sp³-hybridized carbons (Fsp3) is 0.467. The number of nitrogens with zero attached hydrogens (tertiary/aromatic N) is 2. The van der Waals surface area contributed by atoms with Crippen LogP contribution >= 0.6 is 0 Å². The molecule has 3 rings (SSSR count). The molecule has 0 aromatic heterocycles. The average Bonchev–Trinajstić information content (AvgIpc) is 2.89. The Morgan fingerprint density at radius 3 is 2.09 bits per heavy atom. The number of piperazine rings is 1. The zero-order valence-corrected chi connectivity index (χ0v) is 25.4. The summed E-state index contributed by atoms with van der Waals surface area (Å²) in [6, 6.07) is 4.12. The summed E-state index contributed by atoms with van der Waals surface area (Å²) in [7, 11) is 1.10. The maximum absolute atomic E-state index is 14.8. The van der Waals surface area contributed by atoms with Crippen molar-refractivity contribution in [1.82, 2.24) is 9.80 Å². The van der Waals surface area contributed by atoms with E-state index in [0.29, 0.717) is 18.2 Å². The molecule has 1 atom stereocenters. The van der Waals surface area contributed by atoms with Crippen LogP contribution in [0.5, 0.6) is 0 Å². The Balaban J connectivity index is 2.08. The molecule has 0 saturated carbocycles. The van der Waals surface area contributed by atoms with E-state index in [1.54, 1.807) is 41.5 Å². The zero-order chi connectivity index (χ0) is 33.2. The third-order valence-corrected chi connectivity index (χ3v) is 6.26.